The standard InChI is InChI=1S/C23H21F3N2O3/c24-23(25,26)22(11-12-28(16-22)14-17-7-3-1-4-8-17)21(29)30-15-20-27-13-19(31-20)18-9-5-2-6-10-18/h1-10,13H,11-12,14-16H2. The van der Waals surface area contributed by atoms with E-state index in [1.165, 1.54) is 6.20 Å². The maximum absolute atomic E-state index is 14.0. The Hall–Kier alpha value is -3.13. The summed E-state index contributed by atoms with van der Waals surface area (Å²) in [6, 6.07) is 18.3. The largest absolute Gasteiger partial charge is 0.455 e. The highest BCUT2D eigenvalue weighted by Crippen LogP contribution is 2.47. The molecule has 8 heteroatoms. The Bertz CT molecular complexity index is 1020. The molecule has 2 heterocycles. The van der Waals surface area contributed by atoms with Crippen LogP contribution in [-0.4, -0.2) is 35.1 Å². The van der Waals surface area contributed by atoms with E-state index in [4.69, 9.17) is 9.15 Å². The van der Waals surface area contributed by atoms with Gasteiger partial charge in [0.25, 0.3) is 0 Å². The molecule has 4 rings (SSSR count). The minimum atomic E-state index is -4.72. The lowest BCUT2D eigenvalue weighted by Gasteiger charge is -2.29. The average Bonchev–Trinajstić information content (AvgIpc) is 3.41. The maximum atomic E-state index is 14.0. The lowest BCUT2D eigenvalue weighted by atomic mass is 9.86. The first-order valence-corrected chi connectivity index (χ1v) is 9.88. The number of halogens is 3. The summed E-state index contributed by atoms with van der Waals surface area (Å²) in [7, 11) is 0. The molecule has 0 aliphatic carbocycles. The summed E-state index contributed by atoms with van der Waals surface area (Å²) in [6.07, 6.45) is -3.61. The molecule has 1 atom stereocenters. The highest BCUT2D eigenvalue weighted by Gasteiger charge is 2.64. The third-order valence-electron chi connectivity index (χ3n) is 5.47. The zero-order valence-corrected chi connectivity index (χ0v) is 16.6. The normalized spacial score (nSPS) is 19.5. The van der Waals surface area contributed by atoms with E-state index in [1.807, 2.05) is 60.7 Å². The van der Waals surface area contributed by atoms with Crippen LogP contribution in [0, 0.1) is 5.41 Å². The predicted octanol–water partition coefficient (Wildman–Crippen LogP) is 4.84. The van der Waals surface area contributed by atoms with Crippen LogP contribution in [0.4, 0.5) is 13.2 Å². The van der Waals surface area contributed by atoms with Gasteiger partial charge in [-0.1, -0.05) is 60.7 Å². The quantitative estimate of drug-likeness (QED) is 0.524. The number of rotatable bonds is 6. The Balaban J connectivity index is 1.43. The van der Waals surface area contributed by atoms with Gasteiger partial charge in [-0.2, -0.15) is 13.2 Å². The van der Waals surface area contributed by atoms with Crippen LogP contribution in [0.3, 0.4) is 0 Å². The number of esters is 1. The Morgan fingerprint density at radius 1 is 1.10 bits per heavy atom. The molecule has 3 aromatic rings. The van der Waals surface area contributed by atoms with Crippen LogP contribution in [-0.2, 0) is 22.7 Å². The molecule has 1 fully saturated rings. The first kappa shape index (κ1) is 21.1. The molecular formula is C23H21F3N2O3. The summed E-state index contributed by atoms with van der Waals surface area (Å²) in [5.74, 6) is -0.800. The second-order valence-corrected chi connectivity index (χ2v) is 7.59. The number of nitrogens with zero attached hydrogens (tertiary/aromatic N) is 2. The number of hydrogen-bond donors (Lipinski definition) is 0. The van der Waals surface area contributed by atoms with Crippen molar-refractivity contribution in [3.8, 4) is 11.3 Å². The second kappa shape index (κ2) is 8.55. The lowest BCUT2D eigenvalue weighted by Crippen LogP contribution is -2.48. The Morgan fingerprint density at radius 2 is 1.77 bits per heavy atom. The first-order chi connectivity index (χ1) is 14.9. The van der Waals surface area contributed by atoms with E-state index in [9.17, 15) is 18.0 Å². The van der Waals surface area contributed by atoms with Gasteiger partial charge < -0.3 is 9.15 Å². The topological polar surface area (TPSA) is 55.6 Å². The number of alkyl halides is 3. The van der Waals surface area contributed by atoms with Crippen molar-refractivity contribution in [2.45, 2.75) is 25.7 Å². The third kappa shape index (κ3) is 4.49. The molecule has 1 unspecified atom stereocenters. The van der Waals surface area contributed by atoms with Crippen molar-refractivity contribution in [2.24, 2.45) is 5.41 Å². The fraction of sp³-hybridized carbons (Fsp3) is 0.304. The van der Waals surface area contributed by atoms with Crippen LogP contribution in [0.2, 0.25) is 0 Å². The molecular weight excluding hydrogens is 409 g/mol. The predicted molar refractivity (Wildman–Crippen MR) is 107 cm³/mol. The van der Waals surface area contributed by atoms with Gasteiger partial charge in [-0.05, 0) is 12.0 Å². The van der Waals surface area contributed by atoms with E-state index >= 15 is 0 Å². The molecule has 0 bridgehead atoms. The second-order valence-electron chi connectivity index (χ2n) is 7.59. The zero-order chi connectivity index (χ0) is 21.9. The highest BCUT2D eigenvalue weighted by atomic mass is 19.4. The van der Waals surface area contributed by atoms with Crippen molar-refractivity contribution in [1.82, 2.24) is 9.88 Å². The van der Waals surface area contributed by atoms with Crippen molar-refractivity contribution >= 4 is 5.97 Å². The van der Waals surface area contributed by atoms with E-state index in [-0.39, 0.29) is 18.9 Å². The molecule has 1 aliphatic rings. The van der Waals surface area contributed by atoms with E-state index in [0.29, 0.717) is 12.3 Å². The van der Waals surface area contributed by atoms with Gasteiger partial charge in [-0.25, -0.2) is 4.98 Å². The van der Waals surface area contributed by atoms with Gasteiger partial charge in [-0.15, -0.1) is 0 Å². The number of carbonyl (C=O) groups is 1. The number of oxazole rings is 1. The summed E-state index contributed by atoms with van der Waals surface area (Å²) < 4.78 is 52.5. The monoisotopic (exact) mass is 430 g/mol. The molecule has 1 saturated heterocycles. The maximum Gasteiger partial charge on any atom is 0.406 e. The fourth-order valence-corrected chi connectivity index (χ4v) is 3.76. The van der Waals surface area contributed by atoms with Crippen LogP contribution >= 0.6 is 0 Å². The van der Waals surface area contributed by atoms with Crippen LogP contribution in [0.25, 0.3) is 11.3 Å². The van der Waals surface area contributed by atoms with Crippen molar-refractivity contribution in [3.63, 3.8) is 0 Å². The summed E-state index contributed by atoms with van der Waals surface area (Å²) in [5.41, 5.74) is -0.898. The van der Waals surface area contributed by atoms with Crippen molar-refractivity contribution in [3.05, 3.63) is 78.3 Å². The lowest BCUT2D eigenvalue weighted by molar-refractivity contribution is -0.232. The number of carbonyl (C=O) groups excluding carboxylic acids is 1. The fourth-order valence-electron chi connectivity index (χ4n) is 3.76. The Kier molecular flexibility index (Phi) is 5.82. The molecule has 1 aliphatic heterocycles. The molecule has 2 aromatic carbocycles. The van der Waals surface area contributed by atoms with Crippen LogP contribution in [0.5, 0.6) is 0 Å². The van der Waals surface area contributed by atoms with Crippen molar-refractivity contribution in [1.29, 1.82) is 0 Å². The summed E-state index contributed by atoms with van der Waals surface area (Å²) in [6.45, 7) is -0.403. The Morgan fingerprint density at radius 3 is 2.45 bits per heavy atom. The van der Waals surface area contributed by atoms with E-state index in [2.05, 4.69) is 4.98 Å². The van der Waals surface area contributed by atoms with Crippen LogP contribution in [0.1, 0.15) is 17.9 Å². The molecule has 162 valence electrons. The first-order valence-electron chi connectivity index (χ1n) is 9.88. The van der Waals surface area contributed by atoms with E-state index in [0.717, 1.165) is 11.1 Å². The van der Waals surface area contributed by atoms with Gasteiger partial charge in [0.1, 0.15) is 0 Å². The van der Waals surface area contributed by atoms with Gasteiger partial charge in [0.05, 0.1) is 6.20 Å². The van der Waals surface area contributed by atoms with Crippen LogP contribution < -0.4 is 0 Å². The number of hydrogen-bond acceptors (Lipinski definition) is 5. The molecule has 31 heavy (non-hydrogen) atoms. The average molecular weight is 430 g/mol. The van der Waals surface area contributed by atoms with Crippen LogP contribution in [0.15, 0.2) is 71.3 Å². The molecule has 0 radical (unpaired) electrons. The molecule has 5 nitrogen and oxygen atoms in total. The molecule has 0 amide bonds. The molecule has 1 aromatic heterocycles. The molecule has 0 saturated carbocycles. The van der Waals surface area contributed by atoms with Gasteiger partial charge in [0.15, 0.2) is 17.8 Å². The summed E-state index contributed by atoms with van der Waals surface area (Å²) >= 11 is 0. The minimum Gasteiger partial charge on any atom is -0.455 e. The number of benzene rings is 2. The van der Waals surface area contributed by atoms with Gasteiger partial charge >= 0.3 is 12.1 Å². The third-order valence-corrected chi connectivity index (χ3v) is 5.47. The number of ether oxygens (including phenoxy) is 1. The minimum absolute atomic E-state index is 0.0451. The van der Waals surface area contributed by atoms with Gasteiger partial charge in [0.2, 0.25) is 5.89 Å². The highest BCUT2D eigenvalue weighted by molar-refractivity contribution is 5.78. The molecule has 0 N–H and O–H groups in total. The van der Waals surface area contributed by atoms with Crippen molar-refractivity contribution < 1.29 is 27.1 Å². The SMILES string of the molecule is O=C(OCc1ncc(-c2ccccc2)o1)C1(C(F)(F)F)CCN(Cc2ccccc2)C1. The van der Waals surface area contributed by atoms with Crippen molar-refractivity contribution in [2.75, 3.05) is 13.1 Å². The van der Waals surface area contributed by atoms with Gasteiger partial charge in [-0.3, -0.25) is 9.69 Å². The van der Waals surface area contributed by atoms with E-state index < -0.39 is 30.7 Å². The molecule has 0 spiro atoms. The summed E-state index contributed by atoms with van der Waals surface area (Å²) in [5, 5.41) is 0. The zero-order valence-electron chi connectivity index (χ0n) is 16.6. The smallest absolute Gasteiger partial charge is 0.406 e. The Labute approximate surface area is 177 Å². The number of likely N-dealkylation sites (tertiary alicyclic amines) is 1. The number of aromatic nitrogens is 1. The van der Waals surface area contributed by atoms with E-state index in [1.54, 1.807) is 4.90 Å². The van der Waals surface area contributed by atoms with Gasteiger partial charge in [0, 0.05) is 25.2 Å². The summed E-state index contributed by atoms with van der Waals surface area (Å²) in [4.78, 5) is 18.3.